The van der Waals surface area contributed by atoms with Crippen LogP contribution in [-0.2, 0) is 19.7 Å². The summed E-state index contributed by atoms with van der Waals surface area (Å²) in [5.41, 5.74) is 2.68. The molecule has 0 aliphatic heterocycles. The van der Waals surface area contributed by atoms with E-state index in [9.17, 15) is 4.39 Å². The number of benzene rings is 3. The number of ether oxygens (including phenoxy) is 1. The van der Waals surface area contributed by atoms with Gasteiger partial charge < -0.3 is 10.1 Å². The van der Waals surface area contributed by atoms with Crippen molar-refractivity contribution in [3.05, 3.63) is 100 Å². The standard InChI is InChI=1S/C21H19ClFNO/c22-19-10-11-21(25-15-17-8-4-5-9-20(17)23)18(12-19)14-24-13-16-6-2-1-3-7-16/h1-12,24H,13-15H2. The molecule has 0 saturated carbocycles. The van der Waals surface area contributed by atoms with E-state index in [1.54, 1.807) is 24.3 Å². The maximum Gasteiger partial charge on any atom is 0.129 e. The largest absolute Gasteiger partial charge is 0.488 e. The fourth-order valence-corrected chi connectivity index (χ4v) is 2.73. The molecule has 0 spiro atoms. The van der Waals surface area contributed by atoms with Crippen LogP contribution in [0.2, 0.25) is 5.02 Å². The fourth-order valence-electron chi connectivity index (χ4n) is 2.54. The molecule has 3 rings (SSSR count). The minimum atomic E-state index is -0.264. The second-order valence-corrected chi connectivity index (χ2v) is 6.16. The van der Waals surface area contributed by atoms with Crippen molar-refractivity contribution in [2.24, 2.45) is 0 Å². The first-order valence-electron chi connectivity index (χ1n) is 8.11. The molecule has 3 aromatic rings. The van der Waals surface area contributed by atoms with Crippen LogP contribution in [0, 0.1) is 5.82 Å². The number of rotatable bonds is 7. The molecule has 1 N–H and O–H groups in total. The molecule has 0 radical (unpaired) electrons. The van der Waals surface area contributed by atoms with E-state index in [1.807, 2.05) is 30.3 Å². The van der Waals surface area contributed by atoms with Crippen molar-refractivity contribution < 1.29 is 9.13 Å². The summed E-state index contributed by atoms with van der Waals surface area (Å²) in [7, 11) is 0. The van der Waals surface area contributed by atoms with Crippen LogP contribution >= 0.6 is 11.6 Å². The molecule has 0 aliphatic carbocycles. The fraction of sp³-hybridized carbons (Fsp3) is 0.143. The smallest absolute Gasteiger partial charge is 0.129 e. The average molecular weight is 356 g/mol. The van der Waals surface area contributed by atoms with Crippen LogP contribution in [0.4, 0.5) is 4.39 Å². The lowest BCUT2D eigenvalue weighted by atomic mass is 10.1. The van der Waals surface area contributed by atoms with Crippen LogP contribution in [0.5, 0.6) is 5.75 Å². The van der Waals surface area contributed by atoms with E-state index in [2.05, 4.69) is 17.4 Å². The highest BCUT2D eigenvalue weighted by atomic mass is 35.5. The lowest BCUT2D eigenvalue weighted by molar-refractivity contribution is 0.296. The lowest BCUT2D eigenvalue weighted by Gasteiger charge is -2.13. The van der Waals surface area contributed by atoms with Gasteiger partial charge in [-0.25, -0.2) is 4.39 Å². The summed E-state index contributed by atoms with van der Waals surface area (Å²) in [6.45, 7) is 1.54. The molecule has 4 heteroatoms. The number of hydrogen-bond acceptors (Lipinski definition) is 2. The molecule has 0 heterocycles. The van der Waals surface area contributed by atoms with Crippen LogP contribution < -0.4 is 10.1 Å². The van der Waals surface area contributed by atoms with Gasteiger partial charge in [-0.2, -0.15) is 0 Å². The average Bonchev–Trinajstić information content (AvgIpc) is 2.63. The Morgan fingerprint density at radius 1 is 0.840 bits per heavy atom. The second kappa shape index (κ2) is 8.65. The van der Waals surface area contributed by atoms with Crippen LogP contribution in [0.15, 0.2) is 72.8 Å². The van der Waals surface area contributed by atoms with E-state index in [0.29, 0.717) is 22.9 Å². The van der Waals surface area contributed by atoms with Crippen LogP contribution in [-0.4, -0.2) is 0 Å². The molecule has 0 amide bonds. The van der Waals surface area contributed by atoms with Gasteiger partial charge >= 0.3 is 0 Å². The quantitative estimate of drug-likeness (QED) is 0.617. The molecule has 2 nitrogen and oxygen atoms in total. The first kappa shape index (κ1) is 17.5. The third kappa shape index (κ3) is 5.05. The Balaban J connectivity index is 1.64. The minimum Gasteiger partial charge on any atom is -0.488 e. The van der Waals surface area contributed by atoms with Gasteiger partial charge in [0.1, 0.15) is 18.2 Å². The van der Waals surface area contributed by atoms with Gasteiger partial charge in [-0.15, -0.1) is 0 Å². The highest BCUT2D eigenvalue weighted by molar-refractivity contribution is 6.30. The van der Waals surface area contributed by atoms with Crippen LogP contribution in [0.1, 0.15) is 16.7 Å². The number of halogens is 2. The van der Waals surface area contributed by atoms with Gasteiger partial charge in [0.2, 0.25) is 0 Å². The zero-order chi connectivity index (χ0) is 17.5. The van der Waals surface area contributed by atoms with Crippen LogP contribution in [0.3, 0.4) is 0 Å². The Hall–Kier alpha value is -2.36. The summed E-state index contributed by atoms with van der Waals surface area (Å²) < 4.78 is 19.6. The zero-order valence-corrected chi connectivity index (χ0v) is 14.5. The van der Waals surface area contributed by atoms with Gasteiger partial charge in [-0.1, -0.05) is 60.1 Å². The molecule has 0 fully saturated rings. The molecule has 0 saturated heterocycles. The topological polar surface area (TPSA) is 21.3 Å². The molecule has 0 unspecified atom stereocenters. The van der Waals surface area contributed by atoms with Crippen molar-refractivity contribution in [3.8, 4) is 5.75 Å². The summed E-state index contributed by atoms with van der Waals surface area (Å²) in [6.07, 6.45) is 0. The summed E-state index contributed by atoms with van der Waals surface area (Å²) in [6, 6.07) is 22.3. The summed E-state index contributed by atoms with van der Waals surface area (Å²) in [5, 5.41) is 4.03. The predicted molar refractivity (Wildman–Crippen MR) is 99.2 cm³/mol. The Bertz CT molecular complexity index is 823. The second-order valence-electron chi connectivity index (χ2n) is 5.72. The molecule has 0 atom stereocenters. The molecule has 25 heavy (non-hydrogen) atoms. The normalized spacial score (nSPS) is 10.6. The molecular weight excluding hydrogens is 337 g/mol. The van der Waals surface area contributed by atoms with Gasteiger partial charge in [0.25, 0.3) is 0 Å². The zero-order valence-electron chi connectivity index (χ0n) is 13.7. The Morgan fingerprint density at radius 3 is 2.40 bits per heavy atom. The highest BCUT2D eigenvalue weighted by Gasteiger charge is 2.07. The molecule has 0 aliphatic rings. The Kier molecular flexibility index (Phi) is 6.04. The maximum atomic E-state index is 13.7. The molecular formula is C21H19ClFNO. The van der Waals surface area contributed by atoms with E-state index in [4.69, 9.17) is 16.3 Å². The highest BCUT2D eigenvalue weighted by Crippen LogP contribution is 2.24. The number of hydrogen-bond donors (Lipinski definition) is 1. The maximum absolute atomic E-state index is 13.7. The van der Waals surface area contributed by atoms with Gasteiger partial charge in [-0.05, 0) is 29.8 Å². The van der Waals surface area contributed by atoms with Gasteiger partial charge in [0.05, 0.1) is 0 Å². The van der Waals surface area contributed by atoms with Gasteiger partial charge in [0.15, 0.2) is 0 Å². The monoisotopic (exact) mass is 355 g/mol. The lowest BCUT2D eigenvalue weighted by Crippen LogP contribution is -2.13. The molecule has 0 bridgehead atoms. The van der Waals surface area contributed by atoms with Crippen LogP contribution in [0.25, 0.3) is 0 Å². The first-order chi connectivity index (χ1) is 12.2. The summed E-state index contributed by atoms with van der Waals surface area (Å²) in [4.78, 5) is 0. The van der Waals surface area contributed by atoms with E-state index in [-0.39, 0.29) is 12.4 Å². The van der Waals surface area contributed by atoms with E-state index < -0.39 is 0 Å². The Morgan fingerprint density at radius 2 is 1.60 bits per heavy atom. The van der Waals surface area contributed by atoms with Crippen molar-refractivity contribution in [3.63, 3.8) is 0 Å². The third-order valence-electron chi connectivity index (χ3n) is 3.85. The first-order valence-corrected chi connectivity index (χ1v) is 8.49. The van der Waals surface area contributed by atoms with E-state index in [0.717, 1.165) is 12.1 Å². The van der Waals surface area contributed by atoms with Crippen molar-refractivity contribution >= 4 is 11.6 Å². The molecule has 0 aromatic heterocycles. The predicted octanol–water partition coefficient (Wildman–Crippen LogP) is 5.35. The van der Waals surface area contributed by atoms with Crippen molar-refractivity contribution in [2.45, 2.75) is 19.7 Å². The van der Waals surface area contributed by atoms with E-state index >= 15 is 0 Å². The van der Waals surface area contributed by atoms with Crippen molar-refractivity contribution in [2.75, 3.05) is 0 Å². The van der Waals surface area contributed by atoms with Crippen molar-refractivity contribution in [1.29, 1.82) is 0 Å². The molecule has 128 valence electrons. The molecule has 3 aromatic carbocycles. The Labute approximate surface area is 152 Å². The summed E-state index contributed by atoms with van der Waals surface area (Å²) in [5.74, 6) is 0.438. The van der Waals surface area contributed by atoms with E-state index in [1.165, 1.54) is 11.6 Å². The number of nitrogens with one attached hydrogen (secondary N) is 1. The summed E-state index contributed by atoms with van der Waals surface area (Å²) >= 11 is 6.11. The third-order valence-corrected chi connectivity index (χ3v) is 4.09. The van der Waals surface area contributed by atoms with Gasteiger partial charge in [0, 0.05) is 29.2 Å². The minimum absolute atomic E-state index is 0.181. The van der Waals surface area contributed by atoms with Gasteiger partial charge in [-0.3, -0.25) is 0 Å². The SMILES string of the molecule is Fc1ccccc1COc1ccc(Cl)cc1CNCc1ccccc1. The van der Waals surface area contributed by atoms with Crippen molar-refractivity contribution in [1.82, 2.24) is 5.32 Å².